The van der Waals surface area contributed by atoms with Crippen molar-refractivity contribution in [2.24, 2.45) is 0 Å². The number of anilines is 2. The SMILES string of the molecule is CCC1CCC(C)N1c1nc(N)nc(OC)n1. The van der Waals surface area contributed by atoms with Gasteiger partial charge in [-0.2, -0.15) is 15.0 Å². The van der Waals surface area contributed by atoms with Crippen molar-refractivity contribution < 1.29 is 4.74 Å². The Bertz CT molecular complexity index is 397. The van der Waals surface area contributed by atoms with Crippen molar-refractivity contribution in [1.82, 2.24) is 15.0 Å². The van der Waals surface area contributed by atoms with Crippen LogP contribution >= 0.6 is 0 Å². The van der Waals surface area contributed by atoms with Crippen molar-refractivity contribution in [2.45, 2.75) is 45.2 Å². The second-order valence-electron chi connectivity index (χ2n) is 4.38. The summed E-state index contributed by atoms with van der Waals surface area (Å²) in [6.07, 6.45) is 3.41. The number of ether oxygens (including phenoxy) is 1. The Hall–Kier alpha value is -1.59. The van der Waals surface area contributed by atoms with E-state index in [0.717, 1.165) is 12.8 Å². The van der Waals surface area contributed by atoms with Gasteiger partial charge in [-0.25, -0.2) is 0 Å². The summed E-state index contributed by atoms with van der Waals surface area (Å²) >= 11 is 0. The van der Waals surface area contributed by atoms with Gasteiger partial charge in [0, 0.05) is 12.1 Å². The number of hydrogen-bond acceptors (Lipinski definition) is 6. The van der Waals surface area contributed by atoms with Crippen molar-refractivity contribution in [3.05, 3.63) is 0 Å². The molecule has 1 aromatic heterocycles. The van der Waals surface area contributed by atoms with Crippen LogP contribution in [0.3, 0.4) is 0 Å². The van der Waals surface area contributed by atoms with Crippen LogP contribution in [0.25, 0.3) is 0 Å². The Morgan fingerprint density at radius 2 is 2.12 bits per heavy atom. The first-order valence-corrected chi connectivity index (χ1v) is 5.99. The molecule has 0 aliphatic carbocycles. The molecule has 1 aromatic rings. The predicted molar refractivity (Wildman–Crippen MR) is 66.0 cm³/mol. The highest BCUT2D eigenvalue weighted by molar-refractivity contribution is 5.39. The standard InChI is InChI=1S/C11H19N5O/c1-4-8-6-5-7(2)16(8)10-13-9(12)14-11(15-10)17-3/h7-8H,4-6H2,1-3H3,(H2,12,13,14,15). The minimum Gasteiger partial charge on any atom is -0.467 e. The molecule has 0 saturated carbocycles. The molecule has 2 N–H and O–H groups in total. The fourth-order valence-corrected chi connectivity index (χ4v) is 2.40. The van der Waals surface area contributed by atoms with Gasteiger partial charge in [-0.15, -0.1) is 0 Å². The largest absolute Gasteiger partial charge is 0.467 e. The van der Waals surface area contributed by atoms with Crippen LogP contribution < -0.4 is 15.4 Å². The molecule has 2 heterocycles. The van der Waals surface area contributed by atoms with E-state index in [0.29, 0.717) is 18.0 Å². The third-order valence-corrected chi connectivity index (χ3v) is 3.29. The van der Waals surface area contributed by atoms with Gasteiger partial charge >= 0.3 is 6.01 Å². The van der Waals surface area contributed by atoms with E-state index in [-0.39, 0.29) is 12.0 Å². The summed E-state index contributed by atoms with van der Waals surface area (Å²) in [6, 6.07) is 1.20. The topological polar surface area (TPSA) is 77.2 Å². The van der Waals surface area contributed by atoms with Gasteiger partial charge in [0.1, 0.15) is 0 Å². The average molecular weight is 237 g/mol. The zero-order valence-corrected chi connectivity index (χ0v) is 10.6. The highest BCUT2D eigenvalue weighted by Gasteiger charge is 2.31. The fraction of sp³-hybridized carbons (Fsp3) is 0.727. The Morgan fingerprint density at radius 3 is 2.76 bits per heavy atom. The molecule has 0 amide bonds. The smallest absolute Gasteiger partial charge is 0.322 e. The molecular weight excluding hydrogens is 218 g/mol. The summed E-state index contributed by atoms with van der Waals surface area (Å²) in [5, 5.41) is 0. The number of nitrogens with zero attached hydrogens (tertiary/aromatic N) is 4. The van der Waals surface area contributed by atoms with E-state index in [4.69, 9.17) is 10.5 Å². The van der Waals surface area contributed by atoms with Crippen molar-refractivity contribution in [1.29, 1.82) is 0 Å². The van der Waals surface area contributed by atoms with Crippen LogP contribution in [0.4, 0.5) is 11.9 Å². The molecular formula is C11H19N5O. The minimum absolute atomic E-state index is 0.209. The highest BCUT2D eigenvalue weighted by Crippen LogP contribution is 2.30. The molecule has 1 saturated heterocycles. The number of methoxy groups -OCH3 is 1. The Morgan fingerprint density at radius 1 is 1.35 bits per heavy atom. The molecule has 94 valence electrons. The predicted octanol–water partition coefficient (Wildman–Crippen LogP) is 1.23. The average Bonchev–Trinajstić information content (AvgIpc) is 2.69. The van der Waals surface area contributed by atoms with Gasteiger partial charge in [0.05, 0.1) is 7.11 Å². The van der Waals surface area contributed by atoms with Gasteiger partial charge in [0.2, 0.25) is 11.9 Å². The van der Waals surface area contributed by atoms with Gasteiger partial charge in [-0.3, -0.25) is 0 Å². The molecule has 0 aromatic carbocycles. The normalized spacial score (nSPS) is 24.1. The maximum Gasteiger partial charge on any atom is 0.322 e. The lowest BCUT2D eigenvalue weighted by Gasteiger charge is -2.27. The lowest BCUT2D eigenvalue weighted by atomic mass is 10.2. The molecule has 1 fully saturated rings. The van der Waals surface area contributed by atoms with E-state index in [1.807, 2.05) is 0 Å². The molecule has 6 heteroatoms. The second-order valence-corrected chi connectivity index (χ2v) is 4.38. The third kappa shape index (κ3) is 2.25. The maximum atomic E-state index is 5.67. The highest BCUT2D eigenvalue weighted by atomic mass is 16.5. The summed E-state index contributed by atoms with van der Waals surface area (Å²) in [5.41, 5.74) is 5.67. The summed E-state index contributed by atoms with van der Waals surface area (Å²) in [4.78, 5) is 14.6. The van der Waals surface area contributed by atoms with Crippen molar-refractivity contribution >= 4 is 11.9 Å². The van der Waals surface area contributed by atoms with Crippen molar-refractivity contribution in [2.75, 3.05) is 17.7 Å². The molecule has 1 aliphatic heterocycles. The second kappa shape index (κ2) is 4.73. The van der Waals surface area contributed by atoms with Crippen molar-refractivity contribution in [3.8, 4) is 6.01 Å². The lowest BCUT2D eigenvalue weighted by Crippen LogP contribution is -2.35. The van der Waals surface area contributed by atoms with Gasteiger partial charge < -0.3 is 15.4 Å². The van der Waals surface area contributed by atoms with E-state index in [9.17, 15) is 0 Å². The molecule has 0 spiro atoms. The van der Waals surface area contributed by atoms with E-state index in [1.165, 1.54) is 13.5 Å². The fourth-order valence-electron chi connectivity index (χ4n) is 2.40. The first-order valence-electron chi connectivity index (χ1n) is 5.99. The van der Waals surface area contributed by atoms with Gasteiger partial charge in [0.15, 0.2) is 0 Å². The number of hydrogen-bond donors (Lipinski definition) is 1. The Balaban J connectivity index is 2.34. The molecule has 0 bridgehead atoms. The van der Waals surface area contributed by atoms with Crippen LogP contribution in [0.15, 0.2) is 0 Å². The molecule has 0 radical (unpaired) electrons. The molecule has 1 aliphatic rings. The van der Waals surface area contributed by atoms with E-state index >= 15 is 0 Å². The van der Waals surface area contributed by atoms with Crippen molar-refractivity contribution in [3.63, 3.8) is 0 Å². The third-order valence-electron chi connectivity index (χ3n) is 3.29. The van der Waals surface area contributed by atoms with E-state index in [1.54, 1.807) is 0 Å². The molecule has 2 rings (SSSR count). The summed E-state index contributed by atoms with van der Waals surface area (Å²) in [5.74, 6) is 0.840. The van der Waals surface area contributed by atoms with Crippen LogP contribution in [-0.2, 0) is 0 Å². The van der Waals surface area contributed by atoms with Gasteiger partial charge in [-0.05, 0) is 26.2 Å². The molecule has 17 heavy (non-hydrogen) atoms. The van der Waals surface area contributed by atoms with E-state index in [2.05, 4.69) is 33.7 Å². The summed E-state index contributed by atoms with van der Waals surface area (Å²) < 4.78 is 5.03. The molecule has 2 atom stereocenters. The minimum atomic E-state index is 0.209. The van der Waals surface area contributed by atoms with Gasteiger partial charge in [0.25, 0.3) is 0 Å². The maximum absolute atomic E-state index is 5.67. The molecule has 6 nitrogen and oxygen atoms in total. The summed E-state index contributed by atoms with van der Waals surface area (Å²) in [6.45, 7) is 4.36. The number of nitrogen functional groups attached to an aromatic ring is 1. The van der Waals surface area contributed by atoms with Crippen LogP contribution in [-0.4, -0.2) is 34.1 Å². The monoisotopic (exact) mass is 237 g/mol. The van der Waals surface area contributed by atoms with Gasteiger partial charge in [-0.1, -0.05) is 6.92 Å². The lowest BCUT2D eigenvalue weighted by molar-refractivity contribution is 0.378. The van der Waals surface area contributed by atoms with Crippen LogP contribution in [0.2, 0.25) is 0 Å². The first kappa shape index (κ1) is 11.9. The first-order chi connectivity index (χ1) is 8.15. The number of aromatic nitrogens is 3. The van der Waals surface area contributed by atoms with E-state index < -0.39 is 0 Å². The zero-order valence-electron chi connectivity index (χ0n) is 10.6. The number of nitrogens with two attached hydrogens (primary N) is 1. The van der Waals surface area contributed by atoms with Crippen LogP contribution in [0.5, 0.6) is 6.01 Å². The Labute approximate surface area is 101 Å². The Kier molecular flexibility index (Phi) is 3.31. The summed E-state index contributed by atoms with van der Waals surface area (Å²) in [7, 11) is 1.53. The van der Waals surface area contributed by atoms with Crippen LogP contribution in [0, 0.1) is 0 Å². The quantitative estimate of drug-likeness (QED) is 0.852. The number of rotatable bonds is 3. The molecule has 2 unspecified atom stereocenters. The van der Waals surface area contributed by atoms with Crippen LogP contribution in [0.1, 0.15) is 33.1 Å². The zero-order chi connectivity index (χ0) is 12.4.